The molecule has 0 radical (unpaired) electrons. The molecule has 3 aromatic rings. The second-order valence-corrected chi connectivity index (χ2v) is 31.6. The van der Waals surface area contributed by atoms with Gasteiger partial charge in [0.15, 0.2) is 6.23 Å². The SMILES string of the molecule is CC[C@H](C)[C@@H]([C@@H](CC(=O)N1CCC[C@H]1[C@H](OC)[C@@H](C)C(=O)N[C@H](C)[C@@H](O)c1ccccc1)OC)N(C)C(=O)[C@@H](NC(=O)[C@H](C(C)C)N(C)C(=O)OCc1ccc(NC(=O)[C@H](CCCNC(N)=O)NC(=O)[C@@H](NC(=O)[C@H](N)CCCCNC(=O)COC2CCCCCc3c2nnn3[C@@H]2O[C@H](CO)[C@H](O)C[C@H]2O)C(C)C)cc1)C(C)C. The highest BCUT2D eigenvalue weighted by molar-refractivity contribution is 5.99. The molecule has 3 heterocycles. The standard InChI is InChI=1S/C80H129N15O19/c1-15-48(8)69(61(110-13)41-64(100)94-39-25-31-57(94)71(111-14)49(9)72(102)85-50(10)70(101)52-26-18-16-19-27-52)92(11)77(107)66(46(4)5)89-76(106)68(47(6)7)93(12)80(109)113-43-51-33-35-53(36-34-51)86-74(104)55(29-24-38-84-79(82)108)87-75(105)65(45(2)3)88-73(103)54(81)28-22-23-37-83-63(99)44-112-60-32-21-17-20-30-56-67(60)90-91-95(56)78-59(98)40-58(97)62(42-96)114-78/h16,18-19,26-27,33-36,45-50,54-55,57-62,65-66,68-71,78,96-98,101H,15,17,20-25,28-32,37-44,81H2,1-14H3,(H,83,99)(H,85,102)(H,86,104)(H,87,105)(H,88,103)(H,89,106)(H3,82,84,108)/t48-,49+,50+,54+,55-,57-,58+,59+,60?,61+,62+,65-,66-,68-,69-,70+,71+,78+/m0/s1. The summed E-state index contributed by atoms with van der Waals surface area (Å²) in [5.41, 5.74) is 14.3. The highest BCUT2D eigenvalue weighted by Crippen LogP contribution is 2.36. The van der Waals surface area contributed by atoms with Gasteiger partial charge in [-0.25, -0.2) is 14.3 Å². The number of nitrogens with two attached hydrogens (primary N) is 2. The van der Waals surface area contributed by atoms with Crippen LogP contribution in [0, 0.1) is 29.6 Å². The molecule has 34 nitrogen and oxygen atoms in total. The number of urea groups is 1. The zero-order valence-electron chi connectivity index (χ0n) is 68.9. The fraction of sp³-hybridized carbons (Fsp3) is 0.700. The van der Waals surface area contributed by atoms with Crippen molar-refractivity contribution in [2.24, 2.45) is 41.1 Å². The van der Waals surface area contributed by atoms with Crippen molar-refractivity contribution >= 4 is 65.1 Å². The summed E-state index contributed by atoms with van der Waals surface area (Å²) in [4.78, 5) is 142. The smallest absolute Gasteiger partial charge is 0.410 e. The molecule has 2 fully saturated rings. The molecule has 1 aliphatic carbocycles. The van der Waals surface area contributed by atoms with Crippen LogP contribution in [0.4, 0.5) is 15.3 Å². The van der Waals surface area contributed by atoms with Crippen molar-refractivity contribution in [2.75, 3.05) is 66.5 Å². The molecule has 11 amide bonds. The van der Waals surface area contributed by atoms with E-state index in [2.05, 4.69) is 47.5 Å². The van der Waals surface area contributed by atoms with E-state index in [0.29, 0.717) is 79.7 Å². The van der Waals surface area contributed by atoms with Gasteiger partial charge < -0.3 is 103 Å². The summed E-state index contributed by atoms with van der Waals surface area (Å²) in [5.74, 6) is -6.16. The maximum atomic E-state index is 14.9. The van der Waals surface area contributed by atoms with Crippen LogP contribution in [0.1, 0.15) is 200 Å². The molecule has 15 N–H and O–H groups in total. The van der Waals surface area contributed by atoms with E-state index < -0.39 is 169 Å². The molecule has 18 atom stereocenters. The average molecular weight is 1600 g/mol. The Balaban J connectivity index is 0.986. The number of ether oxygens (including phenoxy) is 5. The Kier molecular flexibility index (Phi) is 38.3. The molecule has 0 saturated carbocycles. The van der Waals surface area contributed by atoms with Crippen LogP contribution >= 0.6 is 0 Å². The van der Waals surface area contributed by atoms with Crippen LogP contribution in [0.15, 0.2) is 54.6 Å². The number of nitrogens with zero attached hydrogens (tertiary/aromatic N) is 6. The van der Waals surface area contributed by atoms with E-state index in [0.717, 1.165) is 19.3 Å². The van der Waals surface area contributed by atoms with Gasteiger partial charge in [0.25, 0.3) is 0 Å². The van der Waals surface area contributed by atoms with Gasteiger partial charge in [0, 0.05) is 60.1 Å². The molecule has 0 spiro atoms. The quantitative estimate of drug-likeness (QED) is 0.0359. The Bertz CT molecular complexity index is 3570. The van der Waals surface area contributed by atoms with Gasteiger partial charge in [0.05, 0.1) is 73.2 Å². The van der Waals surface area contributed by atoms with Gasteiger partial charge in [-0.15, -0.1) is 5.10 Å². The number of aliphatic hydroxyl groups excluding tert-OH is 4. The first kappa shape index (κ1) is 94.4. The van der Waals surface area contributed by atoms with Crippen molar-refractivity contribution in [3.63, 3.8) is 0 Å². The molecule has 2 aliphatic heterocycles. The Morgan fingerprint density at radius 2 is 1.39 bits per heavy atom. The Hall–Kier alpha value is -8.48. The Morgan fingerprint density at radius 3 is 2.03 bits per heavy atom. The third kappa shape index (κ3) is 26.8. The molecule has 2 saturated heterocycles. The number of aromatic nitrogens is 3. The summed E-state index contributed by atoms with van der Waals surface area (Å²) in [6, 6.07) is 7.37. The van der Waals surface area contributed by atoms with Crippen molar-refractivity contribution in [1.29, 1.82) is 0 Å². The number of amides is 11. The molecule has 1 unspecified atom stereocenters. The predicted octanol–water partition coefficient (Wildman–Crippen LogP) is 3.67. The monoisotopic (exact) mass is 1600 g/mol. The van der Waals surface area contributed by atoms with E-state index in [-0.39, 0.29) is 82.0 Å². The molecule has 3 aliphatic rings. The van der Waals surface area contributed by atoms with E-state index in [9.17, 15) is 68.4 Å². The topological polar surface area (TPSA) is 474 Å². The molecule has 34 heteroatoms. The van der Waals surface area contributed by atoms with Crippen LogP contribution in [0.3, 0.4) is 0 Å². The molecule has 2 aromatic carbocycles. The van der Waals surface area contributed by atoms with Gasteiger partial charge >= 0.3 is 12.1 Å². The largest absolute Gasteiger partial charge is 0.445 e. The summed E-state index contributed by atoms with van der Waals surface area (Å²) in [6.45, 7) is 17.7. The Morgan fingerprint density at radius 1 is 0.719 bits per heavy atom. The van der Waals surface area contributed by atoms with Crippen molar-refractivity contribution in [3.8, 4) is 0 Å². The maximum absolute atomic E-state index is 14.9. The van der Waals surface area contributed by atoms with Gasteiger partial charge in [-0.1, -0.05) is 129 Å². The minimum absolute atomic E-state index is 0.0154. The number of likely N-dealkylation sites (tertiary alicyclic amines) is 1. The van der Waals surface area contributed by atoms with E-state index >= 15 is 0 Å². The van der Waals surface area contributed by atoms with Gasteiger partial charge in [-0.3, -0.25) is 43.3 Å². The number of anilines is 1. The number of hydrogen-bond donors (Lipinski definition) is 13. The minimum Gasteiger partial charge on any atom is -0.445 e. The fourth-order valence-corrected chi connectivity index (χ4v) is 15.2. The molecule has 638 valence electrons. The highest BCUT2D eigenvalue weighted by Gasteiger charge is 2.45. The highest BCUT2D eigenvalue weighted by atomic mass is 16.6. The number of aliphatic hydroxyl groups is 4. The number of methoxy groups -OCH3 is 2. The fourth-order valence-electron chi connectivity index (χ4n) is 15.2. The number of rotatable bonds is 43. The molecule has 1 aromatic heterocycles. The third-order valence-electron chi connectivity index (χ3n) is 22.0. The second kappa shape index (κ2) is 46.3. The van der Waals surface area contributed by atoms with Crippen molar-refractivity contribution < 1.29 is 92.1 Å². The zero-order valence-corrected chi connectivity index (χ0v) is 68.9. The van der Waals surface area contributed by atoms with Gasteiger partial charge in [0.1, 0.15) is 61.4 Å². The molecule has 114 heavy (non-hydrogen) atoms. The summed E-state index contributed by atoms with van der Waals surface area (Å²) in [7, 11) is 6.06. The lowest BCUT2D eigenvalue weighted by atomic mass is 9.89. The average Bonchev–Trinajstić information content (AvgIpc) is 1.63. The summed E-state index contributed by atoms with van der Waals surface area (Å²) >= 11 is 0. The van der Waals surface area contributed by atoms with Crippen LogP contribution < -0.4 is 48.7 Å². The van der Waals surface area contributed by atoms with E-state index in [4.69, 9.17) is 35.2 Å². The number of benzene rings is 2. The number of carbonyl (C=O) groups is 10. The maximum Gasteiger partial charge on any atom is 0.410 e. The summed E-state index contributed by atoms with van der Waals surface area (Å²) in [6.07, 6.45) is -1.07. The predicted molar refractivity (Wildman–Crippen MR) is 422 cm³/mol. The molecule has 6 rings (SSSR count). The number of nitrogens with one attached hydrogen (secondary N) is 7. The summed E-state index contributed by atoms with van der Waals surface area (Å²) < 4.78 is 31.2. The Labute approximate surface area is 670 Å². The number of hydrogen-bond acceptors (Lipinski definition) is 22. The lowest BCUT2D eigenvalue weighted by Crippen LogP contribution is -2.60. The first-order valence-corrected chi connectivity index (χ1v) is 40.3. The first-order valence-electron chi connectivity index (χ1n) is 40.3. The zero-order chi connectivity index (χ0) is 84.2. The van der Waals surface area contributed by atoms with Crippen molar-refractivity contribution in [2.45, 2.75) is 269 Å². The number of primary amides is 1. The third-order valence-corrected chi connectivity index (χ3v) is 22.0. The van der Waals surface area contributed by atoms with Crippen LogP contribution in [0.25, 0.3) is 0 Å². The lowest BCUT2D eigenvalue weighted by molar-refractivity contribution is -0.210. The van der Waals surface area contributed by atoms with Gasteiger partial charge in [-0.05, 0) is 118 Å². The van der Waals surface area contributed by atoms with Crippen LogP contribution in [-0.4, -0.2) is 250 Å². The van der Waals surface area contributed by atoms with E-state index in [1.54, 1.807) is 109 Å². The number of carbonyl (C=O) groups excluding carboxylic acids is 10. The first-order chi connectivity index (χ1) is 54.2. The minimum atomic E-state index is -1.18. The van der Waals surface area contributed by atoms with E-state index in [1.165, 1.54) is 30.8 Å². The van der Waals surface area contributed by atoms with Crippen molar-refractivity contribution in [1.82, 2.24) is 61.6 Å². The van der Waals surface area contributed by atoms with Crippen LogP contribution in [0.5, 0.6) is 0 Å². The number of likely N-dealkylation sites (N-methyl/N-ethyl adjacent to an activating group) is 2. The van der Waals surface area contributed by atoms with Crippen LogP contribution in [0.2, 0.25) is 0 Å². The van der Waals surface area contributed by atoms with Crippen molar-refractivity contribution in [3.05, 3.63) is 77.1 Å². The molecular formula is C80H129N15O19. The normalized spacial score (nSPS) is 20.9. The number of unbranched alkanes of at least 4 members (excludes halogenated alkanes) is 1. The second-order valence-electron chi connectivity index (χ2n) is 31.6. The molecular weight excluding hydrogens is 1470 g/mol. The molecule has 0 bridgehead atoms. The van der Waals surface area contributed by atoms with Crippen LogP contribution in [-0.2, 0) is 75.1 Å². The summed E-state index contributed by atoms with van der Waals surface area (Å²) in [5, 5.41) is 69.9. The van der Waals surface area contributed by atoms with E-state index in [1.807, 2.05) is 32.0 Å². The lowest BCUT2D eigenvalue weighted by Gasteiger charge is -2.41. The van der Waals surface area contributed by atoms with Gasteiger partial charge in [-0.2, -0.15) is 0 Å². The number of fused-ring (bicyclic) bond motifs is 1. The van der Waals surface area contributed by atoms with Gasteiger partial charge in [0.2, 0.25) is 47.3 Å².